The Balaban J connectivity index is 1.68. The Hall–Kier alpha value is -2.28. The van der Waals surface area contributed by atoms with Gasteiger partial charge < -0.3 is 25.0 Å². The maximum absolute atomic E-state index is 12.5. The van der Waals surface area contributed by atoms with Gasteiger partial charge in [-0.2, -0.15) is 0 Å². The molecule has 0 bridgehead atoms. The summed E-state index contributed by atoms with van der Waals surface area (Å²) in [6.07, 6.45) is 2.26. The van der Waals surface area contributed by atoms with Gasteiger partial charge >= 0.3 is 0 Å². The molecule has 0 aromatic heterocycles. The molecular formula is C18H25N3O4. The SMILES string of the molecule is COc1ccc(N2CC(C(=O)N[C@H]3CCCNC3)CC2=O)c(OC)c1. The second-order valence-corrected chi connectivity index (χ2v) is 6.50. The van der Waals surface area contributed by atoms with E-state index >= 15 is 0 Å². The van der Waals surface area contributed by atoms with Gasteiger partial charge in [0.25, 0.3) is 0 Å². The van der Waals surface area contributed by atoms with Crippen LogP contribution < -0.4 is 25.0 Å². The Kier molecular flexibility index (Phi) is 5.43. The fourth-order valence-electron chi connectivity index (χ4n) is 3.42. The minimum absolute atomic E-state index is 0.0444. The van der Waals surface area contributed by atoms with E-state index in [4.69, 9.17) is 9.47 Å². The fourth-order valence-corrected chi connectivity index (χ4v) is 3.42. The number of ether oxygens (including phenoxy) is 2. The number of hydrogen-bond acceptors (Lipinski definition) is 5. The van der Waals surface area contributed by atoms with Gasteiger partial charge in [0.1, 0.15) is 11.5 Å². The molecule has 2 aliphatic heterocycles. The largest absolute Gasteiger partial charge is 0.497 e. The van der Waals surface area contributed by atoms with Crippen LogP contribution in [0.3, 0.4) is 0 Å². The normalized spacial score (nSPS) is 23.4. The molecule has 25 heavy (non-hydrogen) atoms. The van der Waals surface area contributed by atoms with Crippen molar-refractivity contribution in [2.45, 2.75) is 25.3 Å². The third-order valence-electron chi connectivity index (χ3n) is 4.82. The lowest BCUT2D eigenvalue weighted by Gasteiger charge is -2.25. The van der Waals surface area contributed by atoms with Crippen LogP contribution in [0.15, 0.2) is 18.2 Å². The molecule has 0 radical (unpaired) electrons. The van der Waals surface area contributed by atoms with E-state index in [0.29, 0.717) is 23.7 Å². The van der Waals surface area contributed by atoms with Crippen molar-refractivity contribution in [3.8, 4) is 11.5 Å². The van der Waals surface area contributed by atoms with E-state index in [1.165, 1.54) is 0 Å². The highest BCUT2D eigenvalue weighted by molar-refractivity contribution is 6.01. The first kappa shape index (κ1) is 17.5. The zero-order valence-electron chi connectivity index (χ0n) is 14.7. The number of nitrogens with zero attached hydrogens (tertiary/aromatic N) is 1. The zero-order valence-corrected chi connectivity index (χ0v) is 14.7. The molecule has 3 rings (SSSR count). The lowest BCUT2D eigenvalue weighted by atomic mass is 10.0. The minimum Gasteiger partial charge on any atom is -0.497 e. The highest BCUT2D eigenvalue weighted by Crippen LogP contribution is 2.35. The molecule has 2 heterocycles. The first-order valence-electron chi connectivity index (χ1n) is 8.66. The van der Waals surface area contributed by atoms with Gasteiger partial charge in [0.2, 0.25) is 11.8 Å². The molecule has 2 amide bonds. The van der Waals surface area contributed by atoms with Crippen molar-refractivity contribution in [3.63, 3.8) is 0 Å². The van der Waals surface area contributed by atoms with Crippen LogP contribution in [0.1, 0.15) is 19.3 Å². The van der Waals surface area contributed by atoms with Crippen LogP contribution in [0.25, 0.3) is 0 Å². The maximum Gasteiger partial charge on any atom is 0.227 e. The Morgan fingerprint density at radius 1 is 1.32 bits per heavy atom. The van der Waals surface area contributed by atoms with E-state index in [-0.39, 0.29) is 30.2 Å². The Labute approximate surface area is 147 Å². The molecule has 0 aliphatic carbocycles. The predicted molar refractivity (Wildman–Crippen MR) is 94.0 cm³/mol. The van der Waals surface area contributed by atoms with Gasteiger partial charge in [0, 0.05) is 31.6 Å². The lowest BCUT2D eigenvalue weighted by molar-refractivity contribution is -0.127. The number of piperidine rings is 1. The van der Waals surface area contributed by atoms with E-state index in [2.05, 4.69) is 10.6 Å². The van der Waals surface area contributed by atoms with Crippen LogP contribution in [-0.4, -0.2) is 51.7 Å². The predicted octanol–water partition coefficient (Wildman–Crippen LogP) is 0.925. The first-order valence-corrected chi connectivity index (χ1v) is 8.66. The van der Waals surface area contributed by atoms with Crippen molar-refractivity contribution in [2.24, 2.45) is 5.92 Å². The second kappa shape index (κ2) is 7.74. The highest BCUT2D eigenvalue weighted by Gasteiger charge is 2.37. The smallest absolute Gasteiger partial charge is 0.227 e. The second-order valence-electron chi connectivity index (χ2n) is 6.50. The molecule has 7 nitrogen and oxygen atoms in total. The fraction of sp³-hybridized carbons (Fsp3) is 0.556. The molecule has 1 unspecified atom stereocenters. The molecule has 2 aliphatic rings. The topological polar surface area (TPSA) is 79.9 Å². The number of carbonyl (C=O) groups is 2. The molecule has 2 saturated heterocycles. The monoisotopic (exact) mass is 347 g/mol. The van der Waals surface area contributed by atoms with Crippen LogP contribution in [0.2, 0.25) is 0 Å². The van der Waals surface area contributed by atoms with E-state index in [0.717, 1.165) is 25.9 Å². The van der Waals surface area contributed by atoms with Gasteiger partial charge in [-0.3, -0.25) is 9.59 Å². The Morgan fingerprint density at radius 2 is 2.16 bits per heavy atom. The van der Waals surface area contributed by atoms with E-state index in [1.54, 1.807) is 37.3 Å². The average Bonchev–Trinajstić information content (AvgIpc) is 3.03. The quantitative estimate of drug-likeness (QED) is 0.828. The summed E-state index contributed by atoms with van der Waals surface area (Å²) >= 11 is 0. The van der Waals surface area contributed by atoms with Gasteiger partial charge in [-0.05, 0) is 31.5 Å². The molecule has 1 aromatic carbocycles. The zero-order chi connectivity index (χ0) is 17.8. The molecule has 0 saturated carbocycles. The van der Waals surface area contributed by atoms with Crippen LogP contribution in [0, 0.1) is 5.92 Å². The number of nitrogens with one attached hydrogen (secondary N) is 2. The van der Waals surface area contributed by atoms with E-state index in [1.807, 2.05) is 0 Å². The standard InChI is InChI=1S/C18H25N3O4/c1-24-14-5-6-15(16(9-14)25-2)21-11-12(8-17(21)22)18(23)20-13-4-3-7-19-10-13/h5-6,9,12-13,19H,3-4,7-8,10-11H2,1-2H3,(H,20,23)/t12?,13-/m0/s1. The molecular weight excluding hydrogens is 322 g/mol. The first-order chi connectivity index (χ1) is 12.1. The molecule has 2 fully saturated rings. The molecule has 2 N–H and O–H groups in total. The number of hydrogen-bond donors (Lipinski definition) is 2. The minimum atomic E-state index is -0.332. The van der Waals surface area contributed by atoms with Crippen molar-refractivity contribution < 1.29 is 19.1 Å². The van der Waals surface area contributed by atoms with Gasteiger partial charge in [-0.15, -0.1) is 0 Å². The lowest BCUT2D eigenvalue weighted by Crippen LogP contribution is -2.47. The summed E-state index contributed by atoms with van der Waals surface area (Å²) in [5.41, 5.74) is 0.669. The summed E-state index contributed by atoms with van der Waals surface area (Å²) in [6.45, 7) is 2.16. The van der Waals surface area contributed by atoms with Crippen molar-refractivity contribution in [2.75, 3.05) is 38.8 Å². The number of benzene rings is 1. The summed E-state index contributed by atoms with van der Waals surface area (Å²) in [6, 6.07) is 5.47. The third-order valence-corrected chi connectivity index (χ3v) is 4.82. The van der Waals surface area contributed by atoms with Crippen LogP contribution in [0.5, 0.6) is 11.5 Å². The molecule has 0 spiro atoms. The van der Waals surface area contributed by atoms with Gasteiger partial charge in [-0.1, -0.05) is 0 Å². The van der Waals surface area contributed by atoms with Crippen molar-refractivity contribution in [3.05, 3.63) is 18.2 Å². The highest BCUT2D eigenvalue weighted by atomic mass is 16.5. The van der Waals surface area contributed by atoms with Crippen LogP contribution in [-0.2, 0) is 9.59 Å². The van der Waals surface area contributed by atoms with Crippen molar-refractivity contribution in [1.29, 1.82) is 0 Å². The van der Waals surface area contributed by atoms with Gasteiger partial charge in [-0.25, -0.2) is 0 Å². The van der Waals surface area contributed by atoms with Crippen LogP contribution in [0.4, 0.5) is 5.69 Å². The van der Waals surface area contributed by atoms with Crippen LogP contribution >= 0.6 is 0 Å². The summed E-state index contributed by atoms with van der Waals surface area (Å²) in [5.74, 6) is 0.778. The van der Waals surface area contributed by atoms with Crippen molar-refractivity contribution >= 4 is 17.5 Å². The van der Waals surface area contributed by atoms with Crippen molar-refractivity contribution in [1.82, 2.24) is 10.6 Å². The summed E-state index contributed by atoms with van der Waals surface area (Å²) < 4.78 is 10.6. The Bertz CT molecular complexity index is 643. The number of carbonyl (C=O) groups excluding carboxylic acids is 2. The number of amides is 2. The molecule has 2 atom stereocenters. The van der Waals surface area contributed by atoms with E-state index in [9.17, 15) is 9.59 Å². The average molecular weight is 347 g/mol. The molecule has 7 heteroatoms. The third kappa shape index (κ3) is 3.87. The Morgan fingerprint density at radius 3 is 2.84 bits per heavy atom. The summed E-state index contributed by atoms with van der Waals surface area (Å²) in [4.78, 5) is 26.6. The summed E-state index contributed by atoms with van der Waals surface area (Å²) in [7, 11) is 3.13. The number of methoxy groups -OCH3 is 2. The van der Waals surface area contributed by atoms with Gasteiger partial charge in [0.15, 0.2) is 0 Å². The summed E-state index contributed by atoms with van der Waals surface area (Å²) in [5, 5.41) is 6.35. The van der Waals surface area contributed by atoms with E-state index < -0.39 is 0 Å². The van der Waals surface area contributed by atoms with Gasteiger partial charge in [0.05, 0.1) is 25.8 Å². The maximum atomic E-state index is 12.5. The number of anilines is 1. The number of rotatable bonds is 5. The molecule has 136 valence electrons. The molecule has 1 aromatic rings.